The molecule has 1 rings (SSSR count). The van der Waals surface area contributed by atoms with Crippen molar-refractivity contribution < 1.29 is 44.6 Å². The molecule has 0 fully saturated rings. The molecule has 0 aliphatic carbocycles. The first-order valence-corrected chi connectivity index (χ1v) is 6.18. The van der Waals surface area contributed by atoms with Crippen LogP contribution in [0.3, 0.4) is 0 Å². The van der Waals surface area contributed by atoms with Crippen molar-refractivity contribution in [1.29, 1.82) is 0 Å². The summed E-state index contributed by atoms with van der Waals surface area (Å²) in [6.45, 7) is 1.52. The molecule has 10 heteroatoms. The van der Waals surface area contributed by atoms with Gasteiger partial charge in [-0.1, -0.05) is 31.2 Å². The number of benzene rings is 1. The zero-order chi connectivity index (χ0) is 18.3. The summed E-state index contributed by atoms with van der Waals surface area (Å²) >= 11 is 0. The van der Waals surface area contributed by atoms with Crippen LogP contribution in [0.25, 0.3) is 0 Å². The number of aliphatic hydroxyl groups excluding tert-OH is 1. The van der Waals surface area contributed by atoms with Crippen molar-refractivity contribution in [2.75, 3.05) is 0 Å². The lowest BCUT2D eigenvalue weighted by molar-refractivity contribution is -0.399. The van der Waals surface area contributed by atoms with Gasteiger partial charge in [0.05, 0.1) is 6.10 Å². The minimum Gasteiger partial charge on any atom is -0.388 e. The van der Waals surface area contributed by atoms with E-state index in [-0.39, 0.29) is 24.1 Å². The Labute approximate surface area is 124 Å². The Kier molecular flexibility index (Phi) is 5.01. The molecule has 1 N–H and O–H groups in total. The van der Waals surface area contributed by atoms with Gasteiger partial charge in [-0.3, -0.25) is 0 Å². The van der Waals surface area contributed by atoms with E-state index in [9.17, 15) is 44.6 Å². The van der Waals surface area contributed by atoms with E-state index in [1.54, 1.807) is 0 Å². The van der Waals surface area contributed by atoms with E-state index < -0.39 is 35.6 Å². The van der Waals surface area contributed by atoms with Gasteiger partial charge < -0.3 is 5.11 Å². The summed E-state index contributed by atoms with van der Waals surface area (Å²) in [5.41, 5.74) is -1.70. The van der Waals surface area contributed by atoms with Gasteiger partial charge in [0.15, 0.2) is 0 Å². The minimum absolute atomic E-state index is 0.0259. The van der Waals surface area contributed by atoms with Crippen LogP contribution in [-0.2, 0) is 5.92 Å². The highest BCUT2D eigenvalue weighted by molar-refractivity contribution is 5.29. The molecule has 1 nitrogen and oxygen atoms in total. The van der Waals surface area contributed by atoms with Gasteiger partial charge in [-0.2, -0.15) is 39.5 Å². The zero-order valence-corrected chi connectivity index (χ0v) is 11.4. The number of alkyl halides is 9. The molecule has 0 radical (unpaired) electrons. The number of halogens is 9. The van der Waals surface area contributed by atoms with Gasteiger partial charge >= 0.3 is 23.9 Å². The van der Waals surface area contributed by atoms with E-state index in [0.717, 1.165) is 12.1 Å². The summed E-state index contributed by atoms with van der Waals surface area (Å²) in [6.07, 6.45) is -7.81. The normalized spacial score (nSPS) is 15.6. The second-order valence-corrected chi connectivity index (χ2v) is 4.77. The van der Waals surface area contributed by atoms with Crippen molar-refractivity contribution in [3.8, 4) is 0 Å². The van der Waals surface area contributed by atoms with Crippen LogP contribution in [0, 0.1) is 0 Å². The fraction of sp³-hybridized carbons (Fsp3) is 0.538. The monoisotopic (exact) mass is 354 g/mol. The van der Waals surface area contributed by atoms with E-state index in [1.165, 1.54) is 6.92 Å². The van der Waals surface area contributed by atoms with Crippen LogP contribution in [0.4, 0.5) is 39.5 Å². The van der Waals surface area contributed by atoms with Gasteiger partial charge in [-0.25, -0.2) is 0 Å². The van der Waals surface area contributed by atoms with E-state index in [0.29, 0.717) is 0 Å². The maximum absolute atomic E-state index is 13.6. The molecule has 0 saturated heterocycles. The van der Waals surface area contributed by atoms with Gasteiger partial charge in [0.1, 0.15) is 0 Å². The highest BCUT2D eigenvalue weighted by Gasteiger charge is 2.81. The van der Waals surface area contributed by atoms with Gasteiger partial charge in [-0.15, -0.1) is 0 Å². The third-order valence-corrected chi connectivity index (χ3v) is 3.19. The van der Waals surface area contributed by atoms with Crippen LogP contribution < -0.4 is 0 Å². The Morgan fingerprint density at radius 2 is 1.26 bits per heavy atom. The third kappa shape index (κ3) is 3.13. The average Bonchev–Trinajstić information content (AvgIpc) is 2.44. The highest BCUT2D eigenvalue weighted by atomic mass is 19.4. The van der Waals surface area contributed by atoms with E-state index in [1.807, 2.05) is 0 Å². The van der Waals surface area contributed by atoms with Crippen molar-refractivity contribution in [3.05, 3.63) is 35.4 Å². The maximum Gasteiger partial charge on any atom is 0.460 e. The van der Waals surface area contributed by atoms with Crippen molar-refractivity contribution in [2.45, 2.75) is 43.4 Å². The van der Waals surface area contributed by atoms with Crippen molar-refractivity contribution in [3.63, 3.8) is 0 Å². The van der Waals surface area contributed by atoms with Crippen LogP contribution >= 0.6 is 0 Å². The van der Waals surface area contributed by atoms with E-state index >= 15 is 0 Å². The molecule has 1 unspecified atom stereocenters. The summed E-state index contributed by atoms with van der Waals surface area (Å²) in [6, 6.07) is 2.04. The number of hydrogen-bond acceptors (Lipinski definition) is 1. The van der Waals surface area contributed by atoms with Crippen LogP contribution in [-0.4, -0.2) is 23.1 Å². The van der Waals surface area contributed by atoms with Gasteiger partial charge in [0, 0.05) is 5.56 Å². The SMILES string of the molecule is CCC(O)c1ccc(C(F)(F)C(F)(F)C(F)(F)C(F)(F)F)cc1. The smallest absolute Gasteiger partial charge is 0.388 e. The van der Waals surface area contributed by atoms with Crippen LogP contribution in [0.2, 0.25) is 0 Å². The molecule has 132 valence electrons. The topological polar surface area (TPSA) is 20.2 Å². The molecule has 0 aliphatic rings. The van der Waals surface area contributed by atoms with Crippen LogP contribution in [0.5, 0.6) is 0 Å². The molecule has 0 amide bonds. The highest BCUT2D eigenvalue weighted by Crippen LogP contribution is 2.56. The maximum atomic E-state index is 13.6. The molecule has 0 saturated carbocycles. The minimum atomic E-state index is -6.93. The zero-order valence-electron chi connectivity index (χ0n) is 11.4. The van der Waals surface area contributed by atoms with Crippen LogP contribution in [0.15, 0.2) is 24.3 Å². The van der Waals surface area contributed by atoms with E-state index in [2.05, 4.69) is 0 Å². The Bertz CT molecular complexity index is 533. The Balaban J connectivity index is 3.29. The summed E-state index contributed by atoms with van der Waals surface area (Å²) in [5.74, 6) is -19.4. The fourth-order valence-corrected chi connectivity index (χ4v) is 1.71. The number of rotatable bonds is 5. The average molecular weight is 354 g/mol. The lowest BCUT2D eigenvalue weighted by atomic mass is 9.95. The van der Waals surface area contributed by atoms with Gasteiger partial charge in [0.25, 0.3) is 0 Å². The van der Waals surface area contributed by atoms with Crippen LogP contribution in [0.1, 0.15) is 30.6 Å². The Morgan fingerprint density at radius 1 is 0.826 bits per heavy atom. The van der Waals surface area contributed by atoms with Gasteiger partial charge in [0.2, 0.25) is 0 Å². The Morgan fingerprint density at radius 3 is 1.61 bits per heavy atom. The van der Waals surface area contributed by atoms with E-state index in [4.69, 9.17) is 0 Å². The summed E-state index contributed by atoms with van der Waals surface area (Å²) in [7, 11) is 0. The molecule has 0 aromatic heterocycles. The first-order valence-electron chi connectivity index (χ1n) is 6.18. The van der Waals surface area contributed by atoms with Crippen molar-refractivity contribution >= 4 is 0 Å². The molecular formula is C13H11F9O. The largest absolute Gasteiger partial charge is 0.460 e. The Hall–Kier alpha value is -1.45. The summed E-state index contributed by atoms with van der Waals surface area (Å²) in [5, 5.41) is 9.41. The molecule has 0 spiro atoms. The molecule has 1 atom stereocenters. The standard InChI is InChI=1S/C13H11F9O/c1-2-9(23)7-3-5-8(6-4-7)10(14,15)11(16,17)12(18,19)13(20,21)22/h3-6,9,23H,2H2,1H3. The van der Waals surface area contributed by atoms with Crippen molar-refractivity contribution in [2.24, 2.45) is 0 Å². The lowest BCUT2D eigenvalue weighted by Crippen LogP contribution is -2.59. The number of hydrogen-bond donors (Lipinski definition) is 1. The molecule has 0 bridgehead atoms. The first kappa shape index (κ1) is 19.6. The number of aliphatic hydroxyl groups is 1. The predicted octanol–water partition coefficient (Wildman–Crippen LogP) is 5.05. The third-order valence-electron chi connectivity index (χ3n) is 3.19. The second-order valence-electron chi connectivity index (χ2n) is 4.77. The summed E-state index contributed by atoms with van der Waals surface area (Å²) in [4.78, 5) is 0. The first-order chi connectivity index (χ1) is 10.2. The predicted molar refractivity (Wildman–Crippen MR) is 61.5 cm³/mol. The lowest BCUT2D eigenvalue weighted by Gasteiger charge is -2.33. The molecule has 0 aliphatic heterocycles. The second kappa shape index (κ2) is 5.88. The quantitative estimate of drug-likeness (QED) is 0.734. The molecule has 23 heavy (non-hydrogen) atoms. The molecular weight excluding hydrogens is 343 g/mol. The fourth-order valence-electron chi connectivity index (χ4n) is 1.71. The van der Waals surface area contributed by atoms with Gasteiger partial charge in [-0.05, 0) is 12.0 Å². The van der Waals surface area contributed by atoms with Crippen molar-refractivity contribution in [1.82, 2.24) is 0 Å². The summed E-state index contributed by atoms with van der Waals surface area (Å²) < 4.78 is 115. The molecule has 1 aromatic rings. The molecule has 1 aromatic carbocycles. The molecule has 0 heterocycles.